The molecule has 1 N–H and O–H groups in total. The molecule has 3 aromatic rings. The average Bonchev–Trinajstić information content (AvgIpc) is 3.50. The number of amides is 1. The SMILES string of the molecule is O=C(CSc1nc2ccccc2c(=O)n1C[C@H]1CCCO1)NCc1ccc2c(c1)OCO2. The van der Waals surface area contributed by atoms with Gasteiger partial charge in [0.25, 0.3) is 5.56 Å². The molecule has 1 fully saturated rings. The summed E-state index contributed by atoms with van der Waals surface area (Å²) in [6, 6.07) is 12.9. The second kappa shape index (κ2) is 9.22. The number of rotatable bonds is 7. The van der Waals surface area contributed by atoms with Crippen LogP contribution in [0.4, 0.5) is 0 Å². The molecule has 1 amide bonds. The maximum absolute atomic E-state index is 13.1. The van der Waals surface area contributed by atoms with Crippen LogP contribution in [-0.4, -0.2) is 40.7 Å². The van der Waals surface area contributed by atoms with E-state index in [0.717, 1.165) is 18.4 Å². The van der Waals surface area contributed by atoms with Gasteiger partial charge >= 0.3 is 0 Å². The van der Waals surface area contributed by atoms with E-state index in [-0.39, 0.29) is 30.1 Å². The van der Waals surface area contributed by atoms with Crippen molar-refractivity contribution in [2.45, 2.75) is 37.2 Å². The normalized spacial score (nSPS) is 17.1. The Balaban J connectivity index is 1.28. The summed E-state index contributed by atoms with van der Waals surface area (Å²) >= 11 is 1.26. The van der Waals surface area contributed by atoms with Crippen LogP contribution in [0.2, 0.25) is 0 Å². The van der Waals surface area contributed by atoms with Crippen LogP contribution in [-0.2, 0) is 22.6 Å². The van der Waals surface area contributed by atoms with Crippen LogP contribution in [0.3, 0.4) is 0 Å². The van der Waals surface area contributed by atoms with Crippen LogP contribution < -0.4 is 20.3 Å². The highest BCUT2D eigenvalue weighted by Crippen LogP contribution is 2.32. The van der Waals surface area contributed by atoms with E-state index in [4.69, 9.17) is 14.2 Å². The zero-order chi connectivity index (χ0) is 21.9. The van der Waals surface area contributed by atoms with Crippen molar-refractivity contribution >= 4 is 28.6 Å². The highest BCUT2D eigenvalue weighted by Gasteiger charge is 2.21. The monoisotopic (exact) mass is 453 g/mol. The lowest BCUT2D eigenvalue weighted by atomic mass is 10.2. The summed E-state index contributed by atoms with van der Waals surface area (Å²) in [5.74, 6) is 1.41. The Morgan fingerprint density at radius 3 is 2.94 bits per heavy atom. The Hall–Kier alpha value is -3.04. The van der Waals surface area contributed by atoms with Gasteiger partial charge in [-0.05, 0) is 42.7 Å². The molecule has 0 spiro atoms. The zero-order valence-corrected chi connectivity index (χ0v) is 18.2. The van der Waals surface area contributed by atoms with Crippen molar-refractivity contribution in [3.05, 3.63) is 58.4 Å². The predicted molar refractivity (Wildman–Crippen MR) is 120 cm³/mol. The summed E-state index contributed by atoms with van der Waals surface area (Å²) in [6.45, 7) is 1.75. The van der Waals surface area contributed by atoms with Gasteiger partial charge in [0.1, 0.15) is 0 Å². The fourth-order valence-corrected chi connectivity index (χ4v) is 4.68. The van der Waals surface area contributed by atoms with Gasteiger partial charge in [-0.3, -0.25) is 14.2 Å². The largest absolute Gasteiger partial charge is 0.454 e. The van der Waals surface area contributed by atoms with E-state index < -0.39 is 0 Å². The second-order valence-corrected chi connectivity index (χ2v) is 8.66. The van der Waals surface area contributed by atoms with E-state index in [2.05, 4.69) is 10.3 Å². The third-order valence-corrected chi connectivity index (χ3v) is 6.47. The molecule has 9 heteroatoms. The molecule has 5 rings (SSSR count). The van der Waals surface area contributed by atoms with E-state index in [9.17, 15) is 9.59 Å². The van der Waals surface area contributed by atoms with Crippen molar-refractivity contribution in [1.82, 2.24) is 14.9 Å². The van der Waals surface area contributed by atoms with Crippen LogP contribution in [0.25, 0.3) is 10.9 Å². The summed E-state index contributed by atoms with van der Waals surface area (Å²) in [5.41, 5.74) is 1.45. The molecule has 3 heterocycles. The molecule has 1 saturated heterocycles. The van der Waals surface area contributed by atoms with E-state index in [1.807, 2.05) is 36.4 Å². The summed E-state index contributed by atoms with van der Waals surface area (Å²) in [4.78, 5) is 30.3. The molecule has 2 aromatic carbocycles. The smallest absolute Gasteiger partial charge is 0.262 e. The molecule has 2 aliphatic heterocycles. The number of para-hydroxylation sites is 1. The Morgan fingerprint density at radius 1 is 1.19 bits per heavy atom. The molecule has 0 aliphatic carbocycles. The number of benzene rings is 2. The van der Waals surface area contributed by atoms with Crippen LogP contribution in [0.1, 0.15) is 18.4 Å². The molecule has 0 bridgehead atoms. The topological polar surface area (TPSA) is 91.7 Å². The molecule has 0 radical (unpaired) electrons. The van der Waals surface area contributed by atoms with Gasteiger partial charge in [0.2, 0.25) is 12.7 Å². The number of hydrogen-bond donors (Lipinski definition) is 1. The summed E-state index contributed by atoms with van der Waals surface area (Å²) in [7, 11) is 0. The number of carbonyl (C=O) groups is 1. The second-order valence-electron chi connectivity index (χ2n) is 7.72. The minimum atomic E-state index is -0.140. The first kappa shape index (κ1) is 20.8. The van der Waals surface area contributed by atoms with Gasteiger partial charge < -0.3 is 19.5 Å². The first-order chi connectivity index (χ1) is 15.7. The number of ether oxygens (including phenoxy) is 3. The molecular weight excluding hydrogens is 430 g/mol. The number of hydrogen-bond acceptors (Lipinski definition) is 7. The van der Waals surface area contributed by atoms with Crippen LogP contribution in [0, 0.1) is 0 Å². The van der Waals surface area contributed by atoms with Crippen molar-refractivity contribution in [1.29, 1.82) is 0 Å². The van der Waals surface area contributed by atoms with E-state index in [0.29, 0.717) is 47.3 Å². The van der Waals surface area contributed by atoms with Gasteiger partial charge in [-0.1, -0.05) is 30.0 Å². The van der Waals surface area contributed by atoms with Crippen LogP contribution in [0.15, 0.2) is 52.4 Å². The van der Waals surface area contributed by atoms with E-state index >= 15 is 0 Å². The number of nitrogens with zero attached hydrogens (tertiary/aromatic N) is 2. The fraction of sp³-hybridized carbons (Fsp3) is 0.348. The van der Waals surface area contributed by atoms with E-state index in [1.54, 1.807) is 10.6 Å². The first-order valence-corrected chi connectivity index (χ1v) is 11.5. The Kier molecular flexibility index (Phi) is 6.00. The van der Waals surface area contributed by atoms with Crippen molar-refractivity contribution < 1.29 is 19.0 Å². The molecule has 8 nitrogen and oxygen atoms in total. The third kappa shape index (κ3) is 4.44. The Labute approximate surface area is 188 Å². The molecule has 32 heavy (non-hydrogen) atoms. The number of nitrogens with one attached hydrogen (secondary N) is 1. The Morgan fingerprint density at radius 2 is 2.06 bits per heavy atom. The number of carbonyl (C=O) groups excluding carboxylic acids is 1. The Bertz CT molecular complexity index is 1210. The lowest BCUT2D eigenvalue weighted by Crippen LogP contribution is -2.30. The maximum Gasteiger partial charge on any atom is 0.262 e. The van der Waals surface area contributed by atoms with Gasteiger partial charge in [0.15, 0.2) is 16.7 Å². The highest BCUT2D eigenvalue weighted by molar-refractivity contribution is 7.99. The first-order valence-electron chi connectivity index (χ1n) is 10.6. The third-order valence-electron chi connectivity index (χ3n) is 5.50. The van der Waals surface area contributed by atoms with E-state index in [1.165, 1.54) is 11.8 Å². The van der Waals surface area contributed by atoms with Crippen molar-refractivity contribution in [3.8, 4) is 11.5 Å². The standard InChI is InChI=1S/C23H23N3O5S/c27-21(24-11-15-7-8-19-20(10-15)31-14-30-19)13-32-23-25-18-6-2-1-5-17(18)22(28)26(23)12-16-4-3-9-29-16/h1-2,5-8,10,16H,3-4,9,11-14H2,(H,24,27)/t16-/m1/s1. The van der Waals surface area contributed by atoms with Crippen LogP contribution >= 0.6 is 11.8 Å². The van der Waals surface area contributed by atoms with Gasteiger partial charge in [-0.15, -0.1) is 0 Å². The van der Waals surface area contributed by atoms with Gasteiger partial charge in [0, 0.05) is 13.2 Å². The summed E-state index contributed by atoms with van der Waals surface area (Å²) in [5, 5.41) is 4.01. The zero-order valence-electron chi connectivity index (χ0n) is 17.4. The molecule has 1 atom stereocenters. The number of aromatic nitrogens is 2. The van der Waals surface area contributed by atoms with Crippen molar-refractivity contribution in [3.63, 3.8) is 0 Å². The molecular formula is C23H23N3O5S. The highest BCUT2D eigenvalue weighted by atomic mass is 32.2. The maximum atomic E-state index is 13.1. The lowest BCUT2D eigenvalue weighted by molar-refractivity contribution is -0.118. The molecule has 2 aliphatic rings. The van der Waals surface area contributed by atoms with Crippen molar-refractivity contribution in [2.24, 2.45) is 0 Å². The summed E-state index contributed by atoms with van der Waals surface area (Å²) < 4.78 is 18.1. The molecule has 0 saturated carbocycles. The number of fused-ring (bicyclic) bond motifs is 2. The molecule has 1 aromatic heterocycles. The van der Waals surface area contributed by atoms with Gasteiger partial charge in [-0.2, -0.15) is 0 Å². The van der Waals surface area contributed by atoms with Crippen LogP contribution in [0.5, 0.6) is 11.5 Å². The predicted octanol–water partition coefficient (Wildman–Crippen LogP) is 2.71. The van der Waals surface area contributed by atoms with Gasteiger partial charge in [-0.25, -0.2) is 4.98 Å². The molecule has 0 unspecified atom stereocenters. The summed E-state index contributed by atoms with van der Waals surface area (Å²) in [6.07, 6.45) is 1.90. The fourth-order valence-electron chi connectivity index (χ4n) is 3.84. The minimum Gasteiger partial charge on any atom is -0.454 e. The minimum absolute atomic E-state index is 0.00477. The quantitative estimate of drug-likeness (QED) is 0.434. The average molecular weight is 454 g/mol. The number of thioether (sulfide) groups is 1. The van der Waals surface area contributed by atoms with Crippen molar-refractivity contribution in [2.75, 3.05) is 19.2 Å². The molecule has 166 valence electrons. The van der Waals surface area contributed by atoms with Gasteiger partial charge in [0.05, 0.1) is 29.3 Å². The lowest BCUT2D eigenvalue weighted by Gasteiger charge is -2.16.